The number of carbonyl (C=O) groups excluding carboxylic acids is 1. The van der Waals surface area contributed by atoms with Crippen LogP contribution in [-0.4, -0.2) is 15.6 Å². The van der Waals surface area contributed by atoms with Crippen molar-refractivity contribution in [2.45, 2.75) is 18.4 Å². The summed E-state index contributed by atoms with van der Waals surface area (Å²) in [7, 11) is 0. The van der Waals surface area contributed by atoms with Gasteiger partial charge in [-0.3, -0.25) is 25.0 Å². The highest BCUT2D eigenvalue weighted by atomic mass is 16.6. The maximum atomic E-state index is 12.8. The molecular formula is C16H12N2O5. The van der Waals surface area contributed by atoms with Crippen molar-refractivity contribution in [3.05, 3.63) is 85.4 Å². The zero-order valence-electron chi connectivity index (χ0n) is 12.0. The Kier molecular flexibility index (Phi) is 3.40. The molecule has 1 aliphatic carbocycles. The van der Waals surface area contributed by atoms with Gasteiger partial charge in [-0.05, 0) is 24.1 Å². The van der Waals surface area contributed by atoms with Crippen molar-refractivity contribution < 1.29 is 14.6 Å². The van der Waals surface area contributed by atoms with Crippen LogP contribution in [-0.2, 0) is 12.0 Å². The molecule has 0 aromatic heterocycles. The second-order valence-electron chi connectivity index (χ2n) is 5.41. The molecule has 0 amide bonds. The third-order valence-electron chi connectivity index (χ3n) is 4.26. The molecule has 3 rings (SSSR count). The van der Waals surface area contributed by atoms with Crippen molar-refractivity contribution in [2.24, 2.45) is 0 Å². The van der Waals surface area contributed by atoms with E-state index in [1.54, 1.807) is 24.3 Å². The van der Waals surface area contributed by atoms with E-state index in [9.17, 15) is 25.0 Å². The van der Waals surface area contributed by atoms with Crippen LogP contribution in [0.5, 0.6) is 0 Å². The molecule has 7 nitrogen and oxygen atoms in total. The van der Waals surface area contributed by atoms with Gasteiger partial charge in [-0.15, -0.1) is 0 Å². The van der Waals surface area contributed by atoms with Crippen LogP contribution in [0.25, 0.3) is 0 Å². The summed E-state index contributed by atoms with van der Waals surface area (Å²) in [6, 6.07) is 11.8. The summed E-state index contributed by atoms with van der Waals surface area (Å²) in [5.74, 6) is -0.571. The number of carbonyl (C=O) groups is 1. The highest BCUT2D eigenvalue weighted by Gasteiger charge is 2.55. The molecule has 0 radical (unpaired) electrons. The van der Waals surface area contributed by atoms with Gasteiger partial charge in [0.1, 0.15) is 0 Å². The fourth-order valence-corrected chi connectivity index (χ4v) is 3.03. The first kappa shape index (κ1) is 14.8. The molecule has 0 saturated heterocycles. The number of Topliss-reactive ketones (excluding diaryl/α,β-unsaturated/α-hetero) is 1. The highest BCUT2D eigenvalue weighted by Crippen LogP contribution is 2.39. The number of rotatable bonds is 3. The highest BCUT2D eigenvalue weighted by molar-refractivity contribution is 6.05. The number of ketones is 1. The quantitative estimate of drug-likeness (QED) is 0.640. The maximum Gasteiger partial charge on any atom is 0.308 e. The Morgan fingerprint density at radius 1 is 0.957 bits per heavy atom. The molecule has 0 saturated carbocycles. The zero-order valence-corrected chi connectivity index (χ0v) is 12.0. The van der Waals surface area contributed by atoms with Crippen LogP contribution >= 0.6 is 0 Å². The molecule has 1 atom stereocenters. The minimum Gasteiger partial charge on any atom is -0.286 e. The van der Waals surface area contributed by atoms with E-state index in [-0.39, 0.29) is 17.7 Å². The van der Waals surface area contributed by atoms with Gasteiger partial charge >= 0.3 is 5.54 Å². The molecule has 23 heavy (non-hydrogen) atoms. The number of non-ortho nitro benzene ring substituents is 1. The third-order valence-corrected chi connectivity index (χ3v) is 4.26. The van der Waals surface area contributed by atoms with Gasteiger partial charge in [-0.25, -0.2) is 0 Å². The first-order valence-corrected chi connectivity index (χ1v) is 6.99. The van der Waals surface area contributed by atoms with Gasteiger partial charge in [0, 0.05) is 34.6 Å². The topological polar surface area (TPSA) is 103 Å². The molecule has 0 spiro atoms. The minimum absolute atomic E-state index is 0.0354. The summed E-state index contributed by atoms with van der Waals surface area (Å²) in [5.41, 5.74) is -0.752. The number of nitro groups is 2. The molecule has 0 heterocycles. The number of aryl methyl sites for hydroxylation is 1. The predicted octanol–water partition coefficient (Wildman–Crippen LogP) is 2.90. The molecule has 2 aromatic carbocycles. The van der Waals surface area contributed by atoms with Crippen LogP contribution in [0.4, 0.5) is 5.69 Å². The van der Waals surface area contributed by atoms with Gasteiger partial charge < -0.3 is 0 Å². The Bertz CT molecular complexity index is 815. The first-order chi connectivity index (χ1) is 11.0. The lowest BCUT2D eigenvalue weighted by Gasteiger charge is -2.29. The number of nitro benzene ring substituents is 1. The van der Waals surface area contributed by atoms with Gasteiger partial charge in [-0.2, -0.15) is 0 Å². The van der Waals surface area contributed by atoms with Crippen LogP contribution in [0.3, 0.4) is 0 Å². The molecule has 7 heteroatoms. The van der Waals surface area contributed by atoms with Crippen LogP contribution < -0.4 is 0 Å². The number of fused-ring (bicyclic) bond motifs is 1. The van der Waals surface area contributed by atoms with Gasteiger partial charge in [0.2, 0.25) is 5.78 Å². The molecule has 0 fully saturated rings. The second kappa shape index (κ2) is 5.28. The van der Waals surface area contributed by atoms with Crippen molar-refractivity contribution >= 4 is 11.5 Å². The molecule has 1 aliphatic rings. The molecule has 116 valence electrons. The minimum atomic E-state index is -1.89. The Balaban J connectivity index is 2.14. The number of hydrogen-bond donors (Lipinski definition) is 0. The SMILES string of the molecule is O=C1c2ccccc2CCC1(c1ccc([N+](=O)[O-])cc1)[N+](=O)[O-]. The van der Waals surface area contributed by atoms with E-state index in [2.05, 4.69) is 0 Å². The fraction of sp³-hybridized carbons (Fsp3) is 0.188. The Morgan fingerprint density at radius 2 is 1.61 bits per heavy atom. The van der Waals surface area contributed by atoms with Crippen molar-refractivity contribution in [3.63, 3.8) is 0 Å². The average Bonchev–Trinajstić information content (AvgIpc) is 2.55. The summed E-state index contributed by atoms with van der Waals surface area (Å²) in [5, 5.41) is 22.5. The lowest BCUT2D eigenvalue weighted by molar-refractivity contribution is -0.560. The van der Waals surface area contributed by atoms with E-state index >= 15 is 0 Å². The fourth-order valence-electron chi connectivity index (χ4n) is 3.03. The normalized spacial score (nSPS) is 19.9. The van der Waals surface area contributed by atoms with Crippen LogP contribution in [0.2, 0.25) is 0 Å². The van der Waals surface area contributed by atoms with Gasteiger partial charge in [-0.1, -0.05) is 24.3 Å². The molecule has 1 unspecified atom stereocenters. The van der Waals surface area contributed by atoms with Crippen LogP contribution in [0, 0.1) is 20.2 Å². The van der Waals surface area contributed by atoms with Crippen LogP contribution in [0.1, 0.15) is 27.9 Å². The standard InChI is InChI=1S/C16H12N2O5/c19-15-14-4-2-1-3-11(14)9-10-16(15,18(22)23)12-5-7-13(8-6-12)17(20)21/h1-8H,9-10H2. The number of benzene rings is 2. The molecular weight excluding hydrogens is 300 g/mol. The van der Waals surface area contributed by atoms with E-state index in [4.69, 9.17) is 0 Å². The summed E-state index contributed by atoms with van der Waals surface area (Å²) in [6.07, 6.45) is 0.438. The maximum absolute atomic E-state index is 12.8. The van der Waals surface area contributed by atoms with Gasteiger partial charge in [0.25, 0.3) is 5.69 Å². The van der Waals surface area contributed by atoms with E-state index in [1.807, 2.05) is 0 Å². The summed E-state index contributed by atoms with van der Waals surface area (Å²) in [4.78, 5) is 34.2. The van der Waals surface area contributed by atoms with Crippen molar-refractivity contribution in [3.8, 4) is 0 Å². The lowest BCUT2D eigenvalue weighted by Crippen LogP contribution is -2.46. The zero-order chi connectivity index (χ0) is 16.6. The Labute approximate surface area is 130 Å². The predicted molar refractivity (Wildman–Crippen MR) is 80.9 cm³/mol. The number of nitrogens with zero attached hydrogens (tertiary/aromatic N) is 2. The number of hydrogen-bond acceptors (Lipinski definition) is 5. The smallest absolute Gasteiger partial charge is 0.286 e. The van der Waals surface area contributed by atoms with E-state index in [0.717, 1.165) is 5.56 Å². The summed E-state index contributed by atoms with van der Waals surface area (Å²) >= 11 is 0. The average molecular weight is 312 g/mol. The second-order valence-corrected chi connectivity index (χ2v) is 5.41. The summed E-state index contributed by atoms with van der Waals surface area (Å²) in [6.45, 7) is 0. The van der Waals surface area contributed by atoms with Gasteiger partial charge in [0.05, 0.1) is 4.92 Å². The molecule has 0 N–H and O–H groups in total. The molecule has 0 bridgehead atoms. The van der Waals surface area contributed by atoms with E-state index in [1.165, 1.54) is 24.3 Å². The van der Waals surface area contributed by atoms with E-state index in [0.29, 0.717) is 12.0 Å². The van der Waals surface area contributed by atoms with E-state index < -0.39 is 21.2 Å². The molecule has 0 aliphatic heterocycles. The third kappa shape index (κ3) is 2.17. The lowest BCUT2D eigenvalue weighted by atomic mass is 9.73. The largest absolute Gasteiger partial charge is 0.308 e. The first-order valence-electron chi connectivity index (χ1n) is 6.99. The Hall–Kier alpha value is -3.09. The summed E-state index contributed by atoms with van der Waals surface area (Å²) < 4.78 is 0. The monoisotopic (exact) mass is 312 g/mol. The van der Waals surface area contributed by atoms with Crippen molar-refractivity contribution in [1.82, 2.24) is 0 Å². The van der Waals surface area contributed by atoms with Crippen LogP contribution in [0.15, 0.2) is 48.5 Å². The molecule has 2 aromatic rings. The van der Waals surface area contributed by atoms with Gasteiger partial charge in [0.15, 0.2) is 0 Å². The van der Waals surface area contributed by atoms with Crippen molar-refractivity contribution in [1.29, 1.82) is 0 Å². The Morgan fingerprint density at radius 3 is 2.22 bits per heavy atom. The van der Waals surface area contributed by atoms with Crippen molar-refractivity contribution in [2.75, 3.05) is 0 Å².